The maximum atomic E-state index is 12.2. The lowest BCUT2D eigenvalue weighted by Crippen LogP contribution is -2.52. The number of carbonyl (C=O) groups excluding carboxylic acids is 3. The van der Waals surface area contributed by atoms with Crippen LogP contribution in [0.3, 0.4) is 0 Å². The van der Waals surface area contributed by atoms with E-state index < -0.39 is 48.4 Å². The molecular formula is C20H31N5O6. The Balaban J connectivity index is 2.42. The topological polar surface area (TPSA) is 197 Å². The fraction of sp³-hybridized carbons (Fsp3) is 0.500. The van der Waals surface area contributed by atoms with Crippen LogP contribution < -0.4 is 27.4 Å². The summed E-state index contributed by atoms with van der Waals surface area (Å²) in [6.45, 7) is 1.44. The number of phenols is 1. The molecule has 11 nitrogen and oxygen atoms in total. The van der Waals surface area contributed by atoms with E-state index in [0.29, 0.717) is 19.4 Å². The van der Waals surface area contributed by atoms with Gasteiger partial charge in [-0.25, -0.2) is 4.79 Å². The number of carboxylic acids is 1. The molecule has 11 heteroatoms. The zero-order valence-corrected chi connectivity index (χ0v) is 17.5. The maximum absolute atomic E-state index is 12.2. The molecule has 1 aromatic rings. The monoisotopic (exact) mass is 437 g/mol. The lowest BCUT2D eigenvalue weighted by Gasteiger charge is -2.19. The van der Waals surface area contributed by atoms with Gasteiger partial charge in [0.05, 0.1) is 12.6 Å². The number of carboxylic acid groups (broad SMARTS) is 1. The van der Waals surface area contributed by atoms with Gasteiger partial charge in [0, 0.05) is 0 Å². The summed E-state index contributed by atoms with van der Waals surface area (Å²) in [6, 6.07) is 3.26. The van der Waals surface area contributed by atoms with Crippen molar-refractivity contribution in [3.63, 3.8) is 0 Å². The third-order valence-electron chi connectivity index (χ3n) is 4.48. The van der Waals surface area contributed by atoms with Crippen LogP contribution >= 0.6 is 0 Å². The zero-order valence-electron chi connectivity index (χ0n) is 17.5. The second kappa shape index (κ2) is 13.2. The summed E-state index contributed by atoms with van der Waals surface area (Å²) in [5.41, 5.74) is 11.9. The number of hydrogen-bond donors (Lipinski definition) is 7. The average Bonchev–Trinajstić information content (AvgIpc) is 2.72. The van der Waals surface area contributed by atoms with E-state index in [0.717, 1.165) is 5.56 Å². The first-order chi connectivity index (χ1) is 14.6. The predicted octanol–water partition coefficient (Wildman–Crippen LogP) is -1.42. The first-order valence-electron chi connectivity index (χ1n) is 9.97. The van der Waals surface area contributed by atoms with Crippen LogP contribution in [0.5, 0.6) is 5.75 Å². The Morgan fingerprint density at radius 3 is 2.26 bits per heavy atom. The molecule has 1 aromatic carbocycles. The van der Waals surface area contributed by atoms with Crippen molar-refractivity contribution >= 4 is 23.7 Å². The van der Waals surface area contributed by atoms with Crippen molar-refractivity contribution in [3.05, 3.63) is 29.8 Å². The largest absolute Gasteiger partial charge is 0.508 e. The fourth-order valence-electron chi connectivity index (χ4n) is 2.68. The lowest BCUT2D eigenvalue weighted by atomic mass is 10.1. The van der Waals surface area contributed by atoms with E-state index in [1.807, 2.05) is 0 Å². The molecule has 172 valence electrons. The van der Waals surface area contributed by atoms with Gasteiger partial charge in [0.25, 0.3) is 0 Å². The summed E-state index contributed by atoms with van der Waals surface area (Å²) in [4.78, 5) is 47.5. The molecule has 3 amide bonds. The number of nitrogens with one attached hydrogen (secondary N) is 3. The third-order valence-corrected chi connectivity index (χ3v) is 4.48. The standard InChI is InChI=1S/C20H31N5O6/c1-12(18(28)25-16(20(30)31)4-2-3-9-21)24-17(27)11-23-19(29)15(22)10-13-5-7-14(26)8-6-13/h5-8,12,15-16,26H,2-4,9-11,21-22H2,1H3,(H,23,29)(H,24,27)(H,25,28)(H,30,31). The van der Waals surface area contributed by atoms with E-state index >= 15 is 0 Å². The SMILES string of the molecule is CC(NC(=O)CNC(=O)C(N)Cc1ccc(O)cc1)C(=O)NC(CCCCN)C(=O)O. The Bertz CT molecular complexity index is 755. The molecule has 0 fully saturated rings. The van der Waals surface area contributed by atoms with E-state index in [4.69, 9.17) is 11.5 Å². The van der Waals surface area contributed by atoms with Gasteiger partial charge >= 0.3 is 5.97 Å². The van der Waals surface area contributed by atoms with Crippen molar-refractivity contribution in [2.45, 2.75) is 50.7 Å². The summed E-state index contributed by atoms with van der Waals surface area (Å²) < 4.78 is 0. The molecule has 0 spiro atoms. The molecular weight excluding hydrogens is 406 g/mol. The van der Waals surface area contributed by atoms with Crippen LogP contribution in [0.15, 0.2) is 24.3 Å². The minimum absolute atomic E-state index is 0.0989. The Labute approximate surface area is 180 Å². The molecule has 0 aliphatic carbocycles. The van der Waals surface area contributed by atoms with E-state index in [1.54, 1.807) is 12.1 Å². The van der Waals surface area contributed by atoms with E-state index in [9.17, 15) is 29.4 Å². The van der Waals surface area contributed by atoms with Crippen molar-refractivity contribution < 1.29 is 29.4 Å². The normalized spacial score (nSPS) is 13.5. The van der Waals surface area contributed by atoms with Crippen LogP contribution in [0.25, 0.3) is 0 Å². The number of hydrogen-bond acceptors (Lipinski definition) is 7. The lowest BCUT2D eigenvalue weighted by molar-refractivity contribution is -0.142. The molecule has 3 unspecified atom stereocenters. The zero-order chi connectivity index (χ0) is 23.4. The molecule has 3 atom stereocenters. The number of unbranched alkanes of at least 4 members (excludes halogenated alkanes) is 1. The molecule has 0 heterocycles. The molecule has 0 radical (unpaired) electrons. The van der Waals surface area contributed by atoms with Gasteiger partial charge in [-0.2, -0.15) is 0 Å². The summed E-state index contributed by atoms with van der Waals surface area (Å²) in [5, 5.41) is 25.6. The second-order valence-electron chi connectivity index (χ2n) is 7.17. The number of carbonyl (C=O) groups is 4. The Kier molecular flexibility index (Phi) is 11.0. The predicted molar refractivity (Wildman–Crippen MR) is 113 cm³/mol. The summed E-state index contributed by atoms with van der Waals surface area (Å²) >= 11 is 0. The van der Waals surface area contributed by atoms with Crippen LogP contribution in [-0.2, 0) is 25.6 Å². The van der Waals surface area contributed by atoms with Gasteiger partial charge in [0.2, 0.25) is 17.7 Å². The highest BCUT2D eigenvalue weighted by atomic mass is 16.4. The number of aliphatic carboxylic acids is 1. The van der Waals surface area contributed by atoms with Gasteiger partial charge in [0.1, 0.15) is 17.8 Å². The van der Waals surface area contributed by atoms with Gasteiger partial charge in [-0.3, -0.25) is 14.4 Å². The summed E-state index contributed by atoms with van der Waals surface area (Å²) in [5.74, 6) is -2.89. The first-order valence-corrected chi connectivity index (χ1v) is 9.97. The number of nitrogens with two attached hydrogens (primary N) is 2. The summed E-state index contributed by atoms with van der Waals surface area (Å²) in [6.07, 6.45) is 1.63. The van der Waals surface area contributed by atoms with Gasteiger partial charge in [-0.05, 0) is 56.8 Å². The highest BCUT2D eigenvalue weighted by molar-refractivity contribution is 5.92. The minimum Gasteiger partial charge on any atom is -0.508 e. The van der Waals surface area contributed by atoms with Gasteiger partial charge < -0.3 is 37.6 Å². The molecule has 0 bridgehead atoms. The molecule has 0 aliphatic heterocycles. The molecule has 1 rings (SSSR count). The van der Waals surface area contributed by atoms with Gasteiger partial charge in [-0.15, -0.1) is 0 Å². The molecule has 31 heavy (non-hydrogen) atoms. The number of amides is 3. The fourth-order valence-corrected chi connectivity index (χ4v) is 2.68. The van der Waals surface area contributed by atoms with Crippen molar-refractivity contribution in [2.75, 3.05) is 13.1 Å². The highest BCUT2D eigenvalue weighted by Crippen LogP contribution is 2.10. The minimum atomic E-state index is -1.17. The van der Waals surface area contributed by atoms with Crippen LogP contribution in [0.1, 0.15) is 31.7 Å². The van der Waals surface area contributed by atoms with E-state index in [2.05, 4.69) is 16.0 Å². The Hall–Kier alpha value is -3.18. The molecule has 0 saturated heterocycles. The Morgan fingerprint density at radius 2 is 1.68 bits per heavy atom. The quantitative estimate of drug-likeness (QED) is 0.182. The van der Waals surface area contributed by atoms with Crippen LogP contribution in [0.4, 0.5) is 0 Å². The number of benzene rings is 1. The number of aromatic hydroxyl groups is 1. The van der Waals surface area contributed by atoms with Gasteiger partial charge in [-0.1, -0.05) is 12.1 Å². The third kappa shape index (κ3) is 9.92. The molecule has 0 aliphatic rings. The highest BCUT2D eigenvalue weighted by Gasteiger charge is 2.24. The maximum Gasteiger partial charge on any atom is 0.326 e. The van der Waals surface area contributed by atoms with Crippen LogP contribution in [-0.4, -0.2) is 65.1 Å². The molecule has 0 aromatic heterocycles. The summed E-state index contributed by atoms with van der Waals surface area (Å²) in [7, 11) is 0. The molecule has 0 saturated carbocycles. The first kappa shape index (κ1) is 25.9. The van der Waals surface area contributed by atoms with Crippen LogP contribution in [0, 0.1) is 0 Å². The average molecular weight is 437 g/mol. The second-order valence-corrected chi connectivity index (χ2v) is 7.17. The number of rotatable bonds is 13. The van der Waals surface area contributed by atoms with E-state index in [1.165, 1.54) is 19.1 Å². The van der Waals surface area contributed by atoms with Crippen molar-refractivity contribution in [1.82, 2.24) is 16.0 Å². The van der Waals surface area contributed by atoms with Crippen molar-refractivity contribution in [2.24, 2.45) is 11.5 Å². The van der Waals surface area contributed by atoms with E-state index in [-0.39, 0.29) is 18.6 Å². The molecule has 9 N–H and O–H groups in total. The van der Waals surface area contributed by atoms with Gasteiger partial charge in [0.15, 0.2) is 0 Å². The van der Waals surface area contributed by atoms with Crippen molar-refractivity contribution in [1.29, 1.82) is 0 Å². The van der Waals surface area contributed by atoms with Crippen LogP contribution in [0.2, 0.25) is 0 Å². The number of phenolic OH excluding ortho intramolecular Hbond substituents is 1. The Morgan fingerprint density at radius 1 is 1.03 bits per heavy atom. The van der Waals surface area contributed by atoms with Crippen molar-refractivity contribution in [3.8, 4) is 5.75 Å². The smallest absolute Gasteiger partial charge is 0.326 e.